The fourth-order valence-electron chi connectivity index (χ4n) is 1.77. The van der Waals surface area contributed by atoms with Gasteiger partial charge in [0.1, 0.15) is 0 Å². The van der Waals surface area contributed by atoms with Crippen LogP contribution in [0.15, 0.2) is 30.7 Å². The van der Waals surface area contributed by atoms with E-state index in [-0.39, 0.29) is 5.91 Å². The van der Waals surface area contributed by atoms with Gasteiger partial charge < -0.3 is 15.6 Å². The van der Waals surface area contributed by atoms with E-state index in [9.17, 15) is 4.79 Å². The first kappa shape index (κ1) is 14.4. The fourth-order valence-corrected chi connectivity index (χ4v) is 1.94. The number of hydrogen-bond donors (Lipinski definition) is 3. The van der Waals surface area contributed by atoms with E-state index in [0.717, 1.165) is 24.3 Å². The Bertz CT molecular complexity index is 569. The summed E-state index contributed by atoms with van der Waals surface area (Å²) in [7, 11) is 0. The Kier molecular flexibility index (Phi) is 5.01. The Morgan fingerprint density at radius 3 is 3.00 bits per heavy atom. The van der Waals surface area contributed by atoms with E-state index in [4.69, 9.17) is 11.6 Å². The molecular formula is C14H17ClN4O. The highest BCUT2D eigenvalue weighted by Crippen LogP contribution is 2.20. The second kappa shape index (κ2) is 6.96. The van der Waals surface area contributed by atoms with Crippen molar-refractivity contribution in [1.82, 2.24) is 15.3 Å². The first-order valence-corrected chi connectivity index (χ1v) is 6.87. The number of halogens is 1. The number of H-pyrrole nitrogens is 1. The molecule has 0 atom stereocenters. The van der Waals surface area contributed by atoms with Crippen LogP contribution in [0, 0.1) is 0 Å². The zero-order valence-electron chi connectivity index (χ0n) is 11.2. The average Bonchev–Trinajstić information content (AvgIpc) is 2.96. The van der Waals surface area contributed by atoms with Gasteiger partial charge in [0, 0.05) is 23.5 Å². The summed E-state index contributed by atoms with van der Waals surface area (Å²) >= 11 is 5.97. The Morgan fingerprint density at radius 1 is 1.45 bits per heavy atom. The van der Waals surface area contributed by atoms with Crippen LogP contribution in [0.5, 0.6) is 0 Å². The zero-order chi connectivity index (χ0) is 14.4. The molecule has 0 unspecified atom stereocenters. The monoisotopic (exact) mass is 292 g/mol. The fraction of sp³-hybridized carbons (Fsp3) is 0.286. The summed E-state index contributed by atoms with van der Waals surface area (Å²) in [5.41, 5.74) is 2.19. The van der Waals surface area contributed by atoms with Gasteiger partial charge in [-0.05, 0) is 24.6 Å². The quantitative estimate of drug-likeness (QED) is 0.767. The SMILES string of the molecule is CCCNc1ccc(Cl)cc1C(=O)NCc1cnc[nH]1. The molecule has 1 heterocycles. The van der Waals surface area contributed by atoms with E-state index in [1.54, 1.807) is 24.7 Å². The van der Waals surface area contributed by atoms with Crippen LogP contribution in [-0.4, -0.2) is 22.4 Å². The van der Waals surface area contributed by atoms with Crippen LogP contribution < -0.4 is 10.6 Å². The molecule has 106 valence electrons. The maximum Gasteiger partial charge on any atom is 0.253 e. The minimum Gasteiger partial charge on any atom is -0.384 e. The number of anilines is 1. The van der Waals surface area contributed by atoms with E-state index in [1.165, 1.54) is 0 Å². The second-order valence-electron chi connectivity index (χ2n) is 4.38. The molecule has 0 aliphatic heterocycles. The highest BCUT2D eigenvalue weighted by atomic mass is 35.5. The van der Waals surface area contributed by atoms with Gasteiger partial charge in [-0.25, -0.2) is 4.98 Å². The molecule has 2 rings (SSSR count). The summed E-state index contributed by atoms with van der Waals surface area (Å²) in [6.07, 6.45) is 4.24. The summed E-state index contributed by atoms with van der Waals surface area (Å²) in [5, 5.41) is 6.60. The maximum atomic E-state index is 12.2. The van der Waals surface area contributed by atoms with Crippen molar-refractivity contribution < 1.29 is 4.79 Å². The van der Waals surface area contributed by atoms with Gasteiger partial charge in [0.15, 0.2) is 0 Å². The topological polar surface area (TPSA) is 69.8 Å². The number of hydrogen-bond acceptors (Lipinski definition) is 3. The van der Waals surface area contributed by atoms with E-state index in [2.05, 4.69) is 27.5 Å². The molecule has 20 heavy (non-hydrogen) atoms. The number of nitrogens with one attached hydrogen (secondary N) is 3. The lowest BCUT2D eigenvalue weighted by Gasteiger charge is -2.12. The molecule has 1 aromatic heterocycles. The van der Waals surface area contributed by atoms with Gasteiger partial charge in [0.05, 0.1) is 24.1 Å². The summed E-state index contributed by atoms with van der Waals surface area (Å²) in [6, 6.07) is 5.26. The first-order chi connectivity index (χ1) is 9.70. The summed E-state index contributed by atoms with van der Waals surface area (Å²) in [4.78, 5) is 19.1. The lowest BCUT2D eigenvalue weighted by Crippen LogP contribution is -2.24. The lowest BCUT2D eigenvalue weighted by atomic mass is 10.1. The predicted molar refractivity (Wildman–Crippen MR) is 80.0 cm³/mol. The third-order valence-electron chi connectivity index (χ3n) is 2.79. The van der Waals surface area contributed by atoms with Crippen molar-refractivity contribution in [2.75, 3.05) is 11.9 Å². The van der Waals surface area contributed by atoms with Crippen LogP contribution in [0.2, 0.25) is 5.02 Å². The second-order valence-corrected chi connectivity index (χ2v) is 4.81. The van der Waals surface area contributed by atoms with Gasteiger partial charge in [0.25, 0.3) is 5.91 Å². The van der Waals surface area contributed by atoms with Gasteiger partial charge in [0.2, 0.25) is 0 Å². The molecule has 0 spiro atoms. The van der Waals surface area contributed by atoms with E-state index >= 15 is 0 Å². The van der Waals surface area contributed by atoms with Gasteiger partial charge in [-0.1, -0.05) is 18.5 Å². The number of aromatic nitrogens is 2. The molecule has 2 aromatic rings. The van der Waals surface area contributed by atoms with Crippen LogP contribution in [0.4, 0.5) is 5.69 Å². The minimum atomic E-state index is -0.166. The molecule has 0 aliphatic carbocycles. The average molecular weight is 293 g/mol. The van der Waals surface area contributed by atoms with Crippen molar-refractivity contribution in [1.29, 1.82) is 0 Å². The molecule has 0 saturated heterocycles. The highest BCUT2D eigenvalue weighted by Gasteiger charge is 2.12. The zero-order valence-corrected chi connectivity index (χ0v) is 12.0. The summed E-state index contributed by atoms with van der Waals surface area (Å²) < 4.78 is 0. The Labute approximate surface area is 122 Å². The lowest BCUT2D eigenvalue weighted by molar-refractivity contribution is 0.0951. The smallest absolute Gasteiger partial charge is 0.253 e. The van der Waals surface area contributed by atoms with Crippen molar-refractivity contribution in [3.8, 4) is 0 Å². The van der Waals surface area contributed by atoms with Crippen LogP contribution in [-0.2, 0) is 6.54 Å². The predicted octanol–water partition coefficient (Wildman–Crippen LogP) is 2.82. The van der Waals surface area contributed by atoms with Crippen molar-refractivity contribution >= 4 is 23.2 Å². The Morgan fingerprint density at radius 2 is 2.30 bits per heavy atom. The van der Waals surface area contributed by atoms with Crippen LogP contribution >= 0.6 is 11.6 Å². The standard InChI is InChI=1S/C14H17ClN4O/c1-2-5-17-13-4-3-10(15)6-12(13)14(20)18-8-11-7-16-9-19-11/h3-4,6-7,9,17H,2,5,8H2,1H3,(H,16,19)(H,18,20). The van der Waals surface area contributed by atoms with Gasteiger partial charge >= 0.3 is 0 Å². The largest absolute Gasteiger partial charge is 0.384 e. The molecular weight excluding hydrogens is 276 g/mol. The summed E-state index contributed by atoms with van der Waals surface area (Å²) in [6.45, 7) is 3.28. The molecule has 1 amide bonds. The Balaban J connectivity index is 2.08. The first-order valence-electron chi connectivity index (χ1n) is 6.49. The van der Waals surface area contributed by atoms with E-state index < -0.39 is 0 Å². The molecule has 0 bridgehead atoms. The van der Waals surface area contributed by atoms with Gasteiger partial charge in [-0.15, -0.1) is 0 Å². The number of aromatic amines is 1. The van der Waals surface area contributed by atoms with Crippen LogP contribution in [0.1, 0.15) is 29.4 Å². The highest BCUT2D eigenvalue weighted by molar-refractivity contribution is 6.31. The molecule has 1 aromatic carbocycles. The number of rotatable bonds is 6. The van der Waals surface area contributed by atoms with Gasteiger partial charge in [-0.3, -0.25) is 4.79 Å². The van der Waals surface area contributed by atoms with Crippen molar-refractivity contribution in [3.05, 3.63) is 47.0 Å². The van der Waals surface area contributed by atoms with E-state index in [1.807, 2.05) is 6.07 Å². The minimum absolute atomic E-state index is 0.166. The third-order valence-corrected chi connectivity index (χ3v) is 3.02. The molecule has 0 radical (unpaired) electrons. The van der Waals surface area contributed by atoms with E-state index in [0.29, 0.717) is 17.1 Å². The van der Waals surface area contributed by atoms with Crippen LogP contribution in [0.25, 0.3) is 0 Å². The molecule has 0 fully saturated rings. The van der Waals surface area contributed by atoms with Crippen LogP contribution in [0.3, 0.4) is 0 Å². The van der Waals surface area contributed by atoms with Crippen molar-refractivity contribution in [2.45, 2.75) is 19.9 Å². The summed E-state index contributed by atoms with van der Waals surface area (Å²) in [5.74, 6) is -0.166. The molecule has 3 N–H and O–H groups in total. The Hall–Kier alpha value is -2.01. The molecule has 0 saturated carbocycles. The van der Waals surface area contributed by atoms with Crippen molar-refractivity contribution in [2.24, 2.45) is 0 Å². The van der Waals surface area contributed by atoms with Gasteiger partial charge in [-0.2, -0.15) is 0 Å². The molecule has 0 aliphatic rings. The number of nitrogens with zero attached hydrogens (tertiary/aromatic N) is 1. The number of carbonyl (C=O) groups excluding carboxylic acids is 1. The number of imidazole rings is 1. The molecule has 6 heteroatoms. The normalized spacial score (nSPS) is 10.3. The number of carbonyl (C=O) groups is 1. The maximum absolute atomic E-state index is 12.2. The van der Waals surface area contributed by atoms with Crippen molar-refractivity contribution in [3.63, 3.8) is 0 Å². The molecule has 5 nitrogen and oxygen atoms in total. The number of benzene rings is 1. The number of amides is 1. The third kappa shape index (κ3) is 3.74.